The number of para-hydroxylation sites is 1. The van der Waals surface area contributed by atoms with Crippen LogP contribution in [0.3, 0.4) is 0 Å². The van der Waals surface area contributed by atoms with E-state index in [0.29, 0.717) is 15.9 Å². The van der Waals surface area contributed by atoms with Crippen molar-refractivity contribution < 1.29 is 13.2 Å². The van der Waals surface area contributed by atoms with Crippen molar-refractivity contribution in [3.8, 4) is 0 Å². The average molecular weight is 345 g/mol. The van der Waals surface area contributed by atoms with Gasteiger partial charge < -0.3 is 5.73 Å². The molecule has 1 aromatic heterocycles. The summed E-state index contributed by atoms with van der Waals surface area (Å²) >= 11 is 5.93. The van der Waals surface area contributed by atoms with Gasteiger partial charge in [-0.25, -0.2) is 13.4 Å². The fourth-order valence-corrected chi connectivity index (χ4v) is 4.74. The lowest BCUT2D eigenvalue weighted by molar-refractivity contribution is 0.103. The minimum Gasteiger partial charge on any atom is -0.383 e. The van der Waals surface area contributed by atoms with E-state index in [0.717, 1.165) is 0 Å². The molecule has 0 unspecified atom stereocenters. The summed E-state index contributed by atoms with van der Waals surface area (Å²) in [6.45, 7) is 0. The third kappa shape index (κ3) is 1.82. The Morgan fingerprint density at radius 1 is 1.09 bits per heavy atom. The second-order valence-corrected chi connectivity index (χ2v) is 7.48. The van der Waals surface area contributed by atoms with Crippen LogP contribution in [0.1, 0.15) is 15.9 Å². The number of fused-ring (bicyclic) bond motifs is 4. The highest BCUT2D eigenvalue weighted by Crippen LogP contribution is 2.40. The zero-order valence-corrected chi connectivity index (χ0v) is 13.1. The molecule has 0 fully saturated rings. The van der Waals surface area contributed by atoms with Crippen molar-refractivity contribution in [3.05, 3.63) is 58.6 Å². The van der Waals surface area contributed by atoms with Gasteiger partial charge in [0, 0.05) is 16.0 Å². The second-order valence-electron chi connectivity index (χ2n) is 5.19. The van der Waals surface area contributed by atoms with Gasteiger partial charge in [-0.3, -0.25) is 4.79 Å². The Balaban J connectivity index is 2.24. The molecule has 0 aliphatic carbocycles. The molecule has 23 heavy (non-hydrogen) atoms. The van der Waals surface area contributed by atoms with Crippen LogP contribution in [0.4, 0.5) is 5.82 Å². The number of nitrogens with two attached hydrogens (primary N) is 1. The highest BCUT2D eigenvalue weighted by atomic mass is 35.5. The maximum atomic E-state index is 12.9. The Kier molecular flexibility index (Phi) is 2.79. The van der Waals surface area contributed by atoms with Crippen molar-refractivity contribution in [3.63, 3.8) is 0 Å². The summed E-state index contributed by atoms with van der Waals surface area (Å²) in [5, 5.41) is 0.748. The summed E-state index contributed by atoms with van der Waals surface area (Å²) in [6.07, 6.45) is 0. The van der Waals surface area contributed by atoms with E-state index in [4.69, 9.17) is 17.3 Å². The zero-order chi connectivity index (χ0) is 16.4. The summed E-state index contributed by atoms with van der Waals surface area (Å²) in [5.41, 5.74) is 6.45. The van der Waals surface area contributed by atoms with Crippen LogP contribution in [0.25, 0.3) is 10.9 Å². The van der Waals surface area contributed by atoms with E-state index in [1.165, 1.54) is 18.2 Å². The van der Waals surface area contributed by atoms with Crippen molar-refractivity contribution in [2.24, 2.45) is 0 Å². The molecule has 5 nitrogen and oxygen atoms in total. The molecule has 0 spiro atoms. The van der Waals surface area contributed by atoms with E-state index in [2.05, 4.69) is 4.98 Å². The average Bonchev–Trinajstić information content (AvgIpc) is 2.51. The predicted molar refractivity (Wildman–Crippen MR) is 86.5 cm³/mol. The SMILES string of the molecule is Nc1nc2ccccc2c2c1S(=O)(=O)c1ccc(Cl)cc1C2=O. The lowest BCUT2D eigenvalue weighted by atomic mass is 9.98. The first-order valence-corrected chi connectivity index (χ1v) is 8.55. The van der Waals surface area contributed by atoms with Crippen molar-refractivity contribution in [2.75, 3.05) is 5.73 Å². The first-order chi connectivity index (χ1) is 10.9. The summed E-state index contributed by atoms with van der Waals surface area (Å²) < 4.78 is 25.8. The number of carbonyl (C=O) groups is 1. The van der Waals surface area contributed by atoms with Gasteiger partial charge >= 0.3 is 0 Å². The number of anilines is 1. The number of pyridine rings is 1. The number of aromatic nitrogens is 1. The third-order valence-corrected chi connectivity index (χ3v) is 5.97. The number of benzene rings is 2. The highest BCUT2D eigenvalue weighted by Gasteiger charge is 2.38. The van der Waals surface area contributed by atoms with Crippen LogP contribution >= 0.6 is 11.6 Å². The summed E-state index contributed by atoms with van der Waals surface area (Å²) in [7, 11) is -3.94. The standard InChI is InChI=1S/C16H9ClN2O3S/c17-8-5-6-12-10(7-8)14(20)13-9-3-1-2-4-11(9)19-16(18)15(13)23(12,21)22/h1-7H,(H2,18,19). The Morgan fingerprint density at radius 3 is 2.61 bits per heavy atom. The van der Waals surface area contributed by atoms with Crippen molar-refractivity contribution in [1.82, 2.24) is 4.98 Å². The van der Waals surface area contributed by atoms with E-state index in [1.807, 2.05) is 0 Å². The molecule has 7 heteroatoms. The van der Waals surface area contributed by atoms with Crippen molar-refractivity contribution in [2.45, 2.75) is 9.79 Å². The van der Waals surface area contributed by atoms with E-state index in [1.54, 1.807) is 24.3 Å². The van der Waals surface area contributed by atoms with Gasteiger partial charge in [-0.1, -0.05) is 29.8 Å². The van der Waals surface area contributed by atoms with Crippen molar-refractivity contribution >= 4 is 43.9 Å². The zero-order valence-electron chi connectivity index (χ0n) is 11.6. The highest BCUT2D eigenvalue weighted by molar-refractivity contribution is 7.92. The maximum absolute atomic E-state index is 12.9. The number of nitrogens with zero attached hydrogens (tertiary/aromatic N) is 1. The third-order valence-electron chi connectivity index (χ3n) is 3.85. The molecule has 2 heterocycles. The largest absolute Gasteiger partial charge is 0.383 e. The first kappa shape index (κ1) is 14.2. The maximum Gasteiger partial charge on any atom is 0.211 e. The molecule has 0 amide bonds. The number of nitrogen functional groups attached to an aromatic ring is 1. The van der Waals surface area contributed by atoms with Gasteiger partial charge in [-0.2, -0.15) is 0 Å². The van der Waals surface area contributed by atoms with Gasteiger partial charge in [0.1, 0.15) is 10.7 Å². The minimum atomic E-state index is -3.94. The molecule has 3 aromatic rings. The van der Waals surface area contributed by atoms with Gasteiger partial charge in [0.05, 0.1) is 16.0 Å². The topological polar surface area (TPSA) is 90.1 Å². The molecule has 4 rings (SSSR count). The molecule has 114 valence electrons. The number of halogens is 1. The van der Waals surface area contributed by atoms with Gasteiger partial charge in [0.25, 0.3) is 0 Å². The predicted octanol–water partition coefficient (Wildman–Crippen LogP) is 2.85. The number of rotatable bonds is 0. The summed E-state index contributed by atoms with van der Waals surface area (Å²) in [6, 6.07) is 10.9. The molecule has 0 bridgehead atoms. The van der Waals surface area contributed by atoms with E-state index < -0.39 is 15.6 Å². The molecular formula is C16H9ClN2O3S. The number of hydrogen-bond donors (Lipinski definition) is 1. The molecule has 1 aliphatic rings. The van der Waals surface area contributed by atoms with Crippen LogP contribution < -0.4 is 5.73 Å². The summed E-state index contributed by atoms with van der Waals surface area (Å²) in [5.74, 6) is -0.592. The van der Waals surface area contributed by atoms with Gasteiger partial charge in [-0.15, -0.1) is 0 Å². The molecule has 0 saturated heterocycles. The van der Waals surface area contributed by atoms with Crippen molar-refractivity contribution in [1.29, 1.82) is 0 Å². The fourth-order valence-electron chi connectivity index (χ4n) is 2.87. The lowest BCUT2D eigenvalue weighted by Gasteiger charge is -2.21. The molecule has 0 saturated carbocycles. The molecule has 2 N–H and O–H groups in total. The Morgan fingerprint density at radius 2 is 1.83 bits per heavy atom. The van der Waals surface area contributed by atoms with Crippen LogP contribution in [0.15, 0.2) is 52.3 Å². The molecular weight excluding hydrogens is 336 g/mol. The number of ketones is 1. The van der Waals surface area contributed by atoms with E-state index in [9.17, 15) is 13.2 Å². The van der Waals surface area contributed by atoms with Gasteiger partial charge in [-0.05, 0) is 24.3 Å². The Bertz CT molecular complexity index is 1120. The van der Waals surface area contributed by atoms with Gasteiger partial charge in [0.15, 0.2) is 5.78 Å². The molecule has 0 atom stereocenters. The number of hydrogen-bond acceptors (Lipinski definition) is 5. The van der Waals surface area contributed by atoms with Crippen LogP contribution in [0.2, 0.25) is 5.02 Å². The number of carbonyl (C=O) groups excluding carboxylic acids is 1. The minimum absolute atomic E-state index is 0.0563. The van der Waals surface area contributed by atoms with Gasteiger partial charge in [0.2, 0.25) is 9.84 Å². The van der Waals surface area contributed by atoms with E-state index in [-0.39, 0.29) is 26.7 Å². The van der Waals surface area contributed by atoms with Crippen LogP contribution in [0.5, 0.6) is 0 Å². The Hall–Kier alpha value is -2.44. The second kappa shape index (κ2) is 4.53. The molecule has 2 aromatic carbocycles. The smallest absolute Gasteiger partial charge is 0.211 e. The first-order valence-electron chi connectivity index (χ1n) is 6.69. The normalized spacial score (nSPS) is 15.3. The molecule has 0 radical (unpaired) electrons. The monoisotopic (exact) mass is 344 g/mol. The Labute approximate surface area is 136 Å². The van der Waals surface area contributed by atoms with Crippen LogP contribution in [0, 0.1) is 0 Å². The van der Waals surface area contributed by atoms with Crippen LogP contribution in [-0.2, 0) is 9.84 Å². The van der Waals surface area contributed by atoms with E-state index >= 15 is 0 Å². The quantitative estimate of drug-likeness (QED) is 0.529. The molecule has 1 aliphatic heterocycles. The lowest BCUT2D eigenvalue weighted by Crippen LogP contribution is -2.22. The summed E-state index contributed by atoms with van der Waals surface area (Å²) in [4.78, 5) is 16.7. The number of sulfone groups is 1. The fraction of sp³-hybridized carbons (Fsp3) is 0. The van der Waals surface area contributed by atoms with Crippen LogP contribution in [-0.4, -0.2) is 19.2 Å².